The van der Waals surface area contributed by atoms with Gasteiger partial charge >= 0.3 is 0 Å². The maximum Gasteiger partial charge on any atom is 0.120 e. The molecule has 1 fully saturated rings. The molecule has 0 spiro atoms. The first-order valence-corrected chi connectivity index (χ1v) is 7.21. The van der Waals surface area contributed by atoms with E-state index in [4.69, 9.17) is 0 Å². The van der Waals surface area contributed by atoms with Gasteiger partial charge in [-0.15, -0.1) is 0 Å². The highest BCUT2D eigenvalue weighted by atomic mass is 15.0. The van der Waals surface area contributed by atoms with Crippen molar-refractivity contribution >= 4 is 0 Å². The SMILES string of the molecule is CCCc1ccc(-c2cnc(CNC3CC3)[nH]2)cc1. The predicted octanol–water partition coefficient (Wildman–Crippen LogP) is 3.28. The highest BCUT2D eigenvalue weighted by Crippen LogP contribution is 2.20. The molecule has 0 aliphatic heterocycles. The van der Waals surface area contributed by atoms with E-state index >= 15 is 0 Å². The van der Waals surface area contributed by atoms with Gasteiger partial charge in [0.1, 0.15) is 5.82 Å². The van der Waals surface area contributed by atoms with Gasteiger partial charge in [-0.05, 0) is 30.4 Å². The Morgan fingerprint density at radius 1 is 1.26 bits per heavy atom. The van der Waals surface area contributed by atoms with Crippen LogP contribution in [0.25, 0.3) is 11.3 Å². The summed E-state index contributed by atoms with van der Waals surface area (Å²) in [6, 6.07) is 9.50. The molecule has 0 saturated heterocycles. The molecule has 1 aliphatic carbocycles. The third-order valence-electron chi connectivity index (χ3n) is 3.57. The summed E-state index contributed by atoms with van der Waals surface area (Å²) in [4.78, 5) is 7.82. The van der Waals surface area contributed by atoms with Crippen LogP contribution in [0.1, 0.15) is 37.6 Å². The molecule has 1 saturated carbocycles. The lowest BCUT2D eigenvalue weighted by molar-refractivity contribution is 0.664. The van der Waals surface area contributed by atoms with Crippen LogP contribution in [0.5, 0.6) is 0 Å². The van der Waals surface area contributed by atoms with Crippen LogP contribution in [0.4, 0.5) is 0 Å². The van der Waals surface area contributed by atoms with Gasteiger partial charge in [-0.1, -0.05) is 37.6 Å². The van der Waals surface area contributed by atoms with Crippen molar-refractivity contribution in [3.8, 4) is 11.3 Å². The number of H-pyrrole nitrogens is 1. The average Bonchev–Trinajstić information content (AvgIpc) is 3.15. The molecule has 0 radical (unpaired) electrons. The van der Waals surface area contributed by atoms with Crippen LogP contribution in [0.3, 0.4) is 0 Å². The van der Waals surface area contributed by atoms with Crippen LogP contribution in [0.2, 0.25) is 0 Å². The monoisotopic (exact) mass is 255 g/mol. The standard InChI is InChI=1S/C16H21N3/c1-2-3-12-4-6-13(7-5-12)15-10-18-16(19-15)11-17-14-8-9-14/h4-7,10,14,17H,2-3,8-9,11H2,1H3,(H,18,19). The summed E-state index contributed by atoms with van der Waals surface area (Å²) in [5, 5.41) is 3.47. The average molecular weight is 255 g/mol. The molecule has 1 heterocycles. The molecule has 0 atom stereocenters. The highest BCUT2D eigenvalue weighted by Gasteiger charge is 2.20. The van der Waals surface area contributed by atoms with E-state index in [2.05, 4.69) is 46.5 Å². The van der Waals surface area contributed by atoms with Crippen LogP contribution in [-0.4, -0.2) is 16.0 Å². The largest absolute Gasteiger partial charge is 0.341 e. The van der Waals surface area contributed by atoms with Gasteiger partial charge in [0.15, 0.2) is 0 Å². The minimum absolute atomic E-state index is 0.724. The molecule has 0 amide bonds. The third-order valence-corrected chi connectivity index (χ3v) is 3.57. The Kier molecular flexibility index (Phi) is 3.65. The van der Waals surface area contributed by atoms with Crippen LogP contribution in [0.15, 0.2) is 30.5 Å². The van der Waals surface area contributed by atoms with Crippen molar-refractivity contribution in [1.82, 2.24) is 15.3 Å². The Morgan fingerprint density at radius 3 is 2.74 bits per heavy atom. The molecule has 3 heteroatoms. The molecule has 19 heavy (non-hydrogen) atoms. The number of aryl methyl sites for hydroxylation is 1. The number of hydrogen-bond donors (Lipinski definition) is 2. The van der Waals surface area contributed by atoms with Crippen molar-refractivity contribution in [1.29, 1.82) is 0 Å². The number of aromatic amines is 1. The quantitative estimate of drug-likeness (QED) is 0.831. The highest BCUT2D eigenvalue weighted by molar-refractivity contribution is 5.58. The lowest BCUT2D eigenvalue weighted by Crippen LogP contribution is -2.16. The van der Waals surface area contributed by atoms with Gasteiger partial charge in [0, 0.05) is 6.04 Å². The Hall–Kier alpha value is -1.61. The zero-order valence-electron chi connectivity index (χ0n) is 11.4. The number of imidazole rings is 1. The molecule has 3 rings (SSSR count). The van der Waals surface area contributed by atoms with Gasteiger partial charge in [-0.2, -0.15) is 0 Å². The van der Waals surface area contributed by atoms with E-state index in [0.29, 0.717) is 0 Å². The Bertz CT molecular complexity index is 523. The van der Waals surface area contributed by atoms with Crippen molar-refractivity contribution in [3.05, 3.63) is 41.9 Å². The summed E-state index contributed by atoms with van der Waals surface area (Å²) in [7, 11) is 0. The fourth-order valence-electron chi connectivity index (χ4n) is 2.27. The fourth-order valence-corrected chi connectivity index (χ4v) is 2.27. The molecule has 3 nitrogen and oxygen atoms in total. The first-order chi connectivity index (χ1) is 9.35. The van der Waals surface area contributed by atoms with Gasteiger partial charge in [-0.3, -0.25) is 0 Å². The molecule has 1 aromatic carbocycles. The topological polar surface area (TPSA) is 40.7 Å². The molecule has 2 N–H and O–H groups in total. The van der Waals surface area contributed by atoms with E-state index in [-0.39, 0.29) is 0 Å². The maximum absolute atomic E-state index is 4.43. The Morgan fingerprint density at radius 2 is 2.05 bits per heavy atom. The summed E-state index contributed by atoms with van der Waals surface area (Å²) < 4.78 is 0. The molecule has 2 aromatic rings. The minimum Gasteiger partial charge on any atom is -0.341 e. The number of nitrogens with zero attached hydrogens (tertiary/aromatic N) is 1. The van der Waals surface area contributed by atoms with Gasteiger partial charge < -0.3 is 10.3 Å². The second-order valence-electron chi connectivity index (χ2n) is 5.35. The summed E-state index contributed by atoms with van der Waals surface area (Å²) in [5.74, 6) is 1.03. The fraction of sp³-hybridized carbons (Fsp3) is 0.438. The number of hydrogen-bond acceptors (Lipinski definition) is 2. The van der Waals surface area contributed by atoms with E-state index in [1.807, 2.05) is 6.20 Å². The van der Waals surface area contributed by atoms with Gasteiger partial charge in [0.05, 0.1) is 18.4 Å². The van der Waals surface area contributed by atoms with Crippen molar-refractivity contribution in [2.24, 2.45) is 0 Å². The van der Waals surface area contributed by atoms with Gasteiger partial charge in [0.2, 0.25) is 0 Å². The van der Waals surface area contributed by atoms with Crippen LogP contribution < -0.4 is 5.32 Å². The third kappa shape index (κ3) is 3.24. The second kappa shape index (κ2) is 5.57. The minimum atomic E-state index is 0.724. The second-order valence-corrected chi connectivity index (χ2v) is 5.35. The lowest BCUT2D eigenvalue weighted by atomic mass is 10.1. The molecular formula is C16H21N3. The summed E-state index contributed by atoms with van der Waals surface area (Å²) in [5.41, 5.74) is 3.72. The lowest BCUT2D eigenvalue weighted by Gasteiger charge is -2.01. The van der Waals surface area contributed by atoms with Gasteiger partial charge in [0.25, 0.3) is 0 Å². The number of benzene rings is 1. The molecule has 0 bridgehead atoms. The Labute approximate surface area is 114 Å². The van der Waals surface area contributed by atoms with E-state index < -0.39 is 0 Å². The Balaban J connectivity index is 1.66. The summed E-state index contributed by atoms with van der Waals surface area (Å²) in [6.07, 6.45) is 6.90. The van der Waals surface area contributed by atoms with Crippen molar-refractivity contribution in [2.75, 3.05) is 0 Å². The molecule has 1 aromatic heterocycles. The first kappa shape index (κ1) is 12.4. The molecular weight excluding hydrogens is 234 g/mol. The zero-order valence-corrected chi connectivity index (χ0v) is 11.4. The van der Waals surface area contributed by atoms with Crippen LogP contribution in [-0.2, 0) is 13.0 Å². The summed E-state index contributed by atoms with van der Waals surface area (Å²) >= 11 is 0. The smallest absolute Gasteiger partial charge is 0.120 e. The van der Waals surface area contributed by atoms with Crippen LogP contribution >= 0.6 is 0 Å². The molecule has 0 unspecified atom stereocenters. The van der Waals surface area contributed by atoms with Crippen molar-refractivity contribution in [2.45, 2.75) is 45.2 Å². The van der Waals surface area contributed by atoms with E-state index in [0.717, 1.165) is 30.5 Å². The van der Waals surface area contributed by atoms with Crippen molar-refractivity contribution in [3.63, 3.8) is 0 Å². The molecule has 1 aliphatic rings. The summed E-state index contributed by atoms with van der Waals surface area (Å²) in [6.45, 7) is 3.06. The van der Waals surface area contributed by atoms with E-state index in [1.165, 1.54) is 30.4 Å². The molecule has 100 valence electrons. The first-order valence-electron chi connectivity index (χ1n) is 7.21. The maximum atomic E-state index is 4.43. The van der Waals surface area contributed by atoms with Crippen LogP contribution in [0, 0.1) is 0 Å². The normalized spacial score (nSPS) is 14.8. The van der Waals surface area contributed by atoms with Gasteiger partial charge in [-0.25, -0.2) is 4.98 Å². The van der Waals surface area contributed by atoms with Crippen molar-refractivity contribution < 1.29 is 0 Å². The number of nitrogens with one attached hydrogen (secondary N) is 2. The predicted molar refractivity (Wildman–Crippen MR) is 77.9 cm³/mol. The van der Waals surface area contributed by atoms with E-state index in [9.17, 15) is 0 Å². The van der Waals surface area contributed by atoms with E-state index in [1.54, 1.807) is 0 Å². The zero-order chi connectivity index (χ0) is 13.1. The number of rotatable bonds is 6. The number of aromatic nitrogens is 2.